The van der Waals surface area contributed by atoms with Crippen LogP contribution in [0.25, 0.3) is 0 Å². The Morgan fingerprint density at radius 3 is 2.46 bits per heavy atom. The van der Waals surface area contributed by atoms with Crippen molar-refractivity contribution in [3.63, 3.8) is 0 Å². The van der Waals surface area contributed by atoms with E-state index in [0.29, 0.717) is 11.5 Å². The highest BCUT2D eigenvalue weighted by Gasteiger charge is 2.41. The summed E-state index contributed by atoms with van der Waals surface area (Å²) < 4.78 is 5.30. The van der Waals surface area contributed by atoms with Crippen LogP contribution in [-0.4, -0.2) is 26.3 Å². The van der Waals surface area contributed by atoms with Crippen molar-refractivity contribution in [1.29, 1.82) is 0 Å². The van der Waals surface area contributed by atoms with Crippen molar-refractivity contribution in [3.05, 3.63) is 0 Å². The van der Waals surface area contributed by atoms with Crippen molar-refractivity contribution in [3.8, 4) is 0 Å². The average molecular weight is 185 g/mol. The van der Waals surface area contributed by atoms with E-state index in [0.717, 1.165) is 19.1 Å². The fraction of sp³-hybridized carbons (Fsp3) is 1.00. The Kier molecular flexibility index (Phi) is 3.74. The van der Waals surface area contributed by atoms with Gasteiger partial charge in [-0.2, -0.15) is 0 Å². The zero-order valence-electron chi connectivity index (χ0n) is 9.39. The molecule has 1 rings (SSSR count). The summed E-state index contributed by atoms with van der Waals surface area (Å²) in [7, 11) is 1.80. The molecule has 0 aromatic heterocycles. The molecule has 2 heteroatoms. The van der Waals surface area contributed by atoms with Gasteiger partial charge in [0.15, 0.2) is 0 Å². The van der Waals surface area contributed by atoms with Gasteiger partial charge in [0.1, 0.15) is 0 Å². The molecule has 0 saturated heterocycles. The Bertz CT molecular complexity index is 154. The molecule has 1 atom stereocenters. The summed E-state index contributed by atoms with van der Waals surface area (Å²) in [5.74, 6) is 0.888. The third-order valence-electron chi connectivity index (χ3n) is 2.95. The second kappa shape index (κ2) is 4.43. The smallest absolute Gasteiger partial charge is 0.0530 e. The quantitative estimate of drug-likeness (QED) is 0.684. The summed E-state index contributed by atoms with van der Waals surface area (Å²) in [5.41, 5.74) is 0.360. The molecule has 1 fully saturated rings. The van der Waals surface area contributed by atoms with Crippen LogP contribution in [0, 0.1) is 11.3 Å². The van der Waals surface area contributed by atoms with E-state index in [4.69, 9.17) is 4.74 Å². The minimum Gasteiger partial charge on any atom is -0.384 e. The first-order valence-electron chi connectivity index (χ1n) is 5.31. The van der Waals surface area contributed by atoms with Gasteiger partial charge >= 0.3 is 0 Å². The molecular formula is C11H23NO. The molecule has 78 valence electrons. The average Bonchev–Trinajstić information content (AvgIpc) is 2.83. The lowest BCUT2D eigenvalue weighted by Gasteiger charge is -2.30. The second-order valence-corrected chi connectivity index (χ2v) is 4.90. The summed E-state index contributed by atoms with van der Waals surface area (Å²) in [6.45, 7) is 8.70. The molecule has 13 heavy (non-hydrogen) atoms. The van der Waals surface area contributed by atoms with Crippen molar-refractivity contribution in [1.82, 2.24) is 5.32 Å². The van der Waals surface area contributed by atoms with Crippen LogP contribution in [0.2, 0.25) is 0 Å². The molecular weight excluding hydrogens is 162 g/mol. The number of rotatable bonds is 6. The highest BCUT2D eigenvalue weighted by atomic mass is 16.5. The molecule has 0 radical (unpaired) electrons. The summed E-state index contributed by atoms with van der Waals surface area (Å²) in [5, 5.41) is 3.51. The maximum absolute atomic E-state index is 5.30. The Hall–Kier alpha value is -0.0800. The lowest BCUT2D eigenvalue weighted by molar-refractivity contribution is 0.0734. The van der Waals surface area contributed by atoms with Gasteiger partial charge in [0.05, 0.1) is 6.61 Å². The number of ether oxygens (including phenoxy) is 1. The molecule has 1 unspecified atom stereocenters. The van der Waals surface area contributed by atoms with E-state index in [1.165, 1.54) is 12.8 Å². The third kappa shape index (κ3) is 3.28. The number of hydrogen-bond donors (Lipinski definition) is 1. The van der Waals surface area contributed by atoms with Gasteiger partial charge in [-0.1, -0.05) is 20.8 Å². The fourth-order valence-corrected chi connectivity index (χ4v) is 1.86. The van der Waals surface area contributed by atoms with Crippen LogP contribution < -0.4 is 5.32 Å². The molecule has 2 nitrogen and oxygen atoms in total. The largest absolute Gasteiger partial charge is 0.384 e. The molecule has 0 spiro atoms. The highest BCUT2D eigenvalue weighted by molar-refractivity contribution is 4.92. The molecule has 0 amide bonds. The topological polar surface area (TPSA) is 21.3 Å². The van der Waals surface area contributed by atoms with Gasteiger partial charge in [-0.3, -0.25) is 0 Å². The summed E-state index contributed by atoms with van der Waals surface area (Å²) in [6, 6.07) is 0.579. The first-order valence-corrected chi connectivity index (χ1v) is 5.31. The minimum absolute atomic E-state index is 0.360. The number of hydrogen-bond acceptors (Lipinski definition) is 2. The lowest BCUT2D eigenvalue weighted by Crippen LogP contribution is -2.40. The van der Waals surface area contributed by atoms with Crippen LogP contribution >= 0.6 is 0 Å². The van der Waals surface area contributed by atoms with E-state index in [1.54, 1.807) is 7.11 Å². The van der Waals surface area contributed by atoms with Crippen LogP contribution in [0.15, 0.2) is 0 Å². The van der Waals surface area contributed by atoms with Gasteiger partial charge in [0.2, 0.25) is 0 Å². The highest BCUT2D eigenvalue weighted by Crippen LogP contribution is 2.45. The zero-order valence-corrected chi connectivity index (χ0v) is 9.39. The lowest BCUT2D eigenvalue weighted by atomic mass is 9.85. The van der Waals surface area contributed by atoms with Gasteiger partial charge in [0, 0.05) is 25.1 Å². The van der Waals surface area contributed by atoms with Crippen LogP contribution in [0.1, 0.15) is 33.6 Å². The first-order chi connectivity index (χ1) is 6.08. The Labute approximate surface area is 82.0 Å². The molecule has 1 aliphatic rings. The van der Waals surface area contributed by atoms with Crippen molar-refractivity contribution >= 4 is 0 Å². The van der Waals surface area contributed by atoms with Crippen molar-refractivity contribution in [2.75, 3.05) is 20.3 Å². The number of nitrogens with one attached hydrogen (secondary N) is 1. The summed E-state index contributed by atoms with van der Waals surface area (Å²) in [4.78, 5) is 0. The maximum atomic E-state index is 5.30. The van der Waals surface area contributed by atoms with Gasteiger partial charge < -0.3 is 10.1 Å². The monoisotopic (exact) mass is 185 g/mol. The van der Waals surface area contributed by atoms with Crippen molar-refractivity contribution in [2.45, 2.75) is 39.7 Å². The van der Waals surface area contributed by atoms with Crippen LogP contribution in [0.5, 0.6) is 0 Å². The molecule has 1 N–H and O–H groups in total. The van der Waals surface area contributed by atoms with E-state index in [-0.39, 0.29) is 0 Å². The molecule has 1 saturated carbocycles. The SMILES string of the molecule is COCC(C)(CNC(C)C)C1CC1. The number of methoxy groups -OCH3 is 1. The van der Waals surface area contributed by atoms with Gasteiger partial charge in [-0.15, -0.1) is 0 Å². The third-order valence-corrected chi connectivity index (χ3v) is 2.95. The summed E-state index contributed by atoms with van der Waals surface area (Å²) in [6.07, 6.45) is 2.78. The predicted octanol–water partition coefficient (Wildman–Crippen LogP) is 2.05. The van der Waals surface area contributed by atoms with Gasteiger partial charge in [0.25, 0.3) is 0 Å². The maximum Gasteiger partial charge on any atom is 0.0530 e. The van der Waals surface area contributed by atoms with Gasteiger partial charge in [-0.05, 0) is 18.8 Å². The van der Waals surface area contributed by atoms with Gasteiger partial charge in [-0.25, -0.2) is 0 Å². The van der Waals surface area contributed by atoms with Crippen molar-refractivity contribution in [2.24, 2.45) is 11.3 Å². The molecule has 0 bridgehead atoms. The standard InChI is InChI=1S/C11H23NO/c1-9(2)12-7-11(3,8-13-4)10-5-6-10/h9-10,12H,5-8H2,1-4H3. The zero-order chi connectivity index (χ0) is 9.90. The van der Waals surface area contributed by atoms with E-state index in [1.807, 2.05) is 0 Å². The Morgan fingerprint density at radius 1 is 1.46 bits per heavy atom. The van der Waals surface area contributed by atoms with Crippen LogP contribution in [-0.2, 0) is 4.74 Å². The minimum atomic E-state index is 0.360. The first kappa shape index (κ1) is 11.0. The summed E-state index contributed by atoms with van der Waals surface area (Å²) >= 11 is 0. The Morgan fingerprint density at radius 2 is 2.08 bits per heavy atom. The Balaban J connectivity index is 2.36. The van der Waals surface area contributed by atoms with Crippen molar-refractivity contribution < 1.29 is 4.74 Å². The molecule has 0 aromatic rings. The molecule has 0 aliphatic heterocycles. The van der Waals surface area contributed by atoms with Crippen LogP contribution in [0.4, 0.5) is 0 Å². The van der Waals surface area contributed by atoms with E-state index in [2.05, 4.69) is 26.1 Å². The van der Waals surface area contributed by atoms with E-state index < -0.39 is 0 Å². The molecule has 0 heterocycles. The van der Waals surface area contributed by atoms with E-state index in [9.17, 15) is 0 Å². The molecule has 1 aliphatic carbocycles. The predicted molar refractivity (Wildman–Crippen MR) is 55.8 cm³/mol. The molecule has 0 aromatic carbocycles. The second-order valence-electron chi connectivity index (χ2n) is 4.90. The normalized spacial score (nSPS) is 21.9. The van der Waals surface area contributed by atoms with E-state index >= 15 is 0 Å². The van der Waals surface area contributed by atoms with Crippen LogP contribution in [0.3, 0.4) is 0 Å². The fourth-order valence-electron chi connectivity index (χ4n) is 1.86.